The molecule has 12 heteroatoms. The molecule has 10 nitrogen and oxygen atoms in total. The zero-order valence-electron chi connectivity index (χ0n) is 19.5. The van der Waals surface area contributed by atoms with Crippen LogP contribution in [0.1, 0.15) is 40.2 Å². The van der Waals surface area contributed by atoms with Crippen LogP contribution in [0.25, 0.3) is 0 Å². The fraction of sp³-hybridized carbons (Fsp3) is 0.571. The minimum atomic E-state index is -4.90. The van der Waals surface area contributed by atoms with Crippen molar-refractivity contribution in [3.05, 3.63) is 42.0 Å². The van der Waals surface area contributed by atoms with E-state index in [1.165, 1.54) is 17.1 Å². The second-order valence-electron chi connectivity index (χ2n) is 7.38. The van der Waals surface area contributed by atoms with Gasteiger partial charge < -0.3 is 0 Å². The van der Waals surface area contributed by atoms with Gasteiger partial charge in [-0.25, -0.2) is 0 Å². The predicted molar refractivity (Wildman–Crippen MR) is 122 cm³/mol. The molecule has 4 rings (SSSR count). The molecule has 184 valence electrons. The van der Waals surface area contributed by atoms with E-state index < -0.39 is 26.4 Å². The third-order valence-corrected chi connectivity index (χ3v) is 11.5. The third-order valence-electron chi connectivity index (χ3n) is 5.57. The molecule has 0 N–H and O–H groups in total. The molecule has 0 aliphatic carbocycles. The van der Waals surface area contributed by atoms with Gasteiger partial charge in [-0.1, -0.05) is 0 Å². The van der Waals surface area contributed by atoms with E-state index in [-0.39, 0.29) is 38.9 Å². The normalized spacial score (nSPS) is 30.0. The molecule has 1 spiro atoms. The van der Waals surface area contributed by atoms with Gasteiger partial charge in [0.25, 0.3) is 0 Å². The average Bonchev–Trinajstić information content (AvgIpc) is 3.30. The molecule has 3 aliphatic rings. The van der Waals surface area contributed by atoms with Crippen LogP contribution >= 0.6 is 15.3 Å². The molecule has 0 saturated carbocycles. The number of rotatable bonds is 11. The second kappa shape index (κ2) is 8.48. The van der Waals surface area contributed by atoms with Crippen molar-refractivity contribution in [2.45, 2.75) is 45.7 Å². The van der Waals surface area contributed by atoms with E-state index in [0.717, 1.165) is 0 Å². The SMILES string of the molecule is CCOP(=O)(OCC)C12OP(OCC)(OCC)(OCC)OC13C=CC(=O)N3c1ccccc12. The molecule has 1 aromatic carbocycles. The number of nitrogens with zero attached hydrogens (tertiary/aromatic N) is 1. The number of anilines is 1. The first-order valence-electron chi connectivity index (χ1n) is 11.2. The van der Waals surface area contributed by atoms with Gasteiger partial charge in [0, 0.05) is 0 Å². The standard InChI is InChI=1S/C21H31NO9P2/c1-6-25-32(24,26-7-2)21-17-13-11-12-14-18(17)22-19(23)15-16-20(21,22)30-33(31-21,27-8-3,28-9-4)29-10-5/h11-16H,6-10H2,1-5H3. The van der Waals surface area contributed by atoms with Crippen LogP contribution in [0.2, 0.25) is 0 Å². The summed E-state index contributed by atoms with van der Waals surface area (Å²) in [6, 6.07) is 6.97. The van der Waals surface area contributed by atoms with Crippen molar-refractivity contribution in [3.8, 4) is 0 Å². The Kier molecular flexibility index (Phi) is 6.41. The topological polar surface area (TPSA) is 102 Å². The van der Waals surface area contributed by atoms with Gasteiger partial charge in [0.2, 0.25) is 0 Å². The Morgan fingerprint density at radius 2 is 1.48 bits per heavy atom. The Morgan fingerprint density at radius 1 is 0.909 bits per heavy atom. The molecule has 0 radical (unpaired) electrons. The molecule has 1 fully saturated rings. The Morgan fingerprint density at radius 3 is 2.03 bits per heavy atom. The van der Waals surface area contributed by atoms with Crippen LogP contribution in [0.5, 0.6) is 0 Å². The van der Waals surface area contributed by atoms with E-state index in [4.69, 9.17) is 31.7 Å². The summed E-state index contributed by atoms with van der Waals surface area (Å²) >= 11 is 0. The fourth-order valence-electron chi connectivity index (χ4n) is 4.77. The van der Waals surface area contributed by atoms with E-state index in [2.05, 4.69) is 0 Å². The Bertz CT molecular complexity index is 987. The van der Waals surface area contributed by atoms with Crippen LogP contribution in [-0.4, -0.2) is 44.7 Å². The minimum absolute atomic E-state index is 0.0617. The van der Waals surface area contributed by atoms with Gasteiger partial charge in [-0.3, -0.25) is 0 Å². The maximum absolute atomic E-state index is 14.7. The summed E-state index contributed by atoms with van der Waals surface area (Å²) in [5, 5.41) is -1.96. The third kappa shape index (κ3) is 3.10. The zero-order chi connectivity index (χ0) is 24.0. The van der Waals surface area contributed by atoms with E-state index in [0.29, 0.717) is 11.3 Å². The molecule has 2 unspecified atom stereocenters. The number of fused-ring (bicyclic) bond motifs is 3. The first-order chi connectivity index (χ1) is 15.8. The summed E-state index contributed by atoms with van der Waals surface area (Å²) in [6.45, 7) is 9.07. The molecule has 1 saturated heterocycles. The molecule has 0 aromatic heterocycles. The number of hydrogen-bond acceptors (Lipinski definition) is 9. The molecular formula is C21H31NO9P2. The van der Waals surface area contributed by atoms with Crippen LogP contribution in [0.15, 0.2) is 36.4 Å². The number of amides is 1. The van der Waals surface area contributed by atoms with Crippen molar-refractivity contribution in [3.63, 3.8) is 0 Å². The molecule has 33 heavy (non-hydrogen) atoms. The summed E-state index contributed by atoms with van der Waals surface area (Å²) in [5.41, 5.74) is -0.906. The number of carbonyl (C=O) groups is 1. The van der Waals surface area contributed by atoms with Crippen LogP contribution in [-0.2, 0) is 46.4 Å². The monoisotopic (exact) mass is 503 g/mol. The van der Waals surface area contributed by atoms with Crippen molar-refractivity contribution < 1.29 is 41.0 Å². The van der Waals surface area contributed by atoms with Crippen molar-refractivity contribution in [1.82, 2.24) is 0 Å². The molecule has 3 heterocycles. The van der Waals surface area contributed by atoms with Crippen molar-refractivity contribution in [2.24, 2.45) is 0 Å². The summed E-state index contributed by atoms with van der Waals surface area (Å²) in [5.74, 6) is -0.379. The fourth-order valence-corrected chi connectivity index (χ4v) is 11.1. The average molecular weight is 503 g/mol. The Hall–Kier alpha value is -1.19. The molecule has 0 bridgehead atoms. The van der Waals surface area contributed by atoms with Crippen molar-refractivity contribution >= 4 is 26.9 Å². The molecule has 2 atom stereocenters. The summed E-state index contributed by atoms with van der Waals surface area (Å²) in [4.78, 5) is 14.5. The van der Waals surface area contributed by atoms with Crippen molar-refractivity contribution in [2.75, 3.05) is 37.9 Å². The van der Waals surface area contributed by atoms with Crippen LogP contribution in [0, 0.1) is 0 Å². The summed E-state index contributed by atoms with van der Waals surface area (Å²) in [7, 11) is -9.12. The van der Waals surface area contributed by atoms with E-state index >= 15 is 0 Å². The van der Waals surface area contributed by atoms with Gasteiger partial charge in [-0.15, -0.1) is 0 Å². The van der Waals surface area contributed by atoms with Gasteiger partial charge in [0.15, 0.2) is 0 Å². The van der Waals surface area contributed by atoms with Crippen LogP contribution < -0.4 is 4.90 Å². The maximum atomic E-state index is 14.7. The Labute approximate surface area is 193 Å². The van der Waals surface area contributed by atoms with Gasteiger partial charge in [-0.2, -0.15) is 0 Å². The molecule has 1 aromatic rings. The second-order valence-corrected chi connectivity index (χ2v) is 12.2. The Balaban J connectivity index is 2.12. The predicted octanol–water partition coefficient (Wildman–Crippen LogP) is 5.00. The van der Waals surface area contributed by atoms with Gasteiger partial charge >= 0.3 is 194 Å². The quantitative estimate of drug-likeness (QED) is 0.386. The number of benzene rings is 1. The van der Waals surface area contributed by atoms with Crippen molar-refractivity contribution in [1.29, 1.82) is 0 Å². The number of para-hydroxylation sites is 1. The first kappa shape index (κ1) is 24.9. The van der Waals surface area contributed by atoms with Crippen LogP contribution in [0.4, 0.5) is 5.69 Å². The molecular weight excluding hydrogens is 472 g/mol. The van der Waals surface area contributed by atoms with Gasteiger partial charge in [0.05, 0.1) is 0 Å². The van der Waals surface area contributed by atoms with E-state index in [1.807, 2.05) is 0 Å². The number of carbonyl (C=O) groups excluding carboxylic acids is 1. The summed E-state index contributed by atoms with van der Waals surface area (Å²) in [6.07, 6.45) is 2.85. The number of hydrogen-bond donors (Lipinski definition) is 0. The first-order valence-corrected chi connectivity index (χ1v) is 14.6. The van der Waals surface area contributed by atoms with Gasteiger partial charge in [-0.05, 0) is 0 Å². The van der Waals surface area contributed by atoms with Gasteiger partial charge in [0.1, 0.15) is 0 Å². The molecule has 1 amide bonds. The summed E-state index contributed by atoms with van der Waals surface area (Å²) < 4.78 is 57.9. The van der Waals surface area contributed by atoms with Crippen LogP contribution in [0.3, 0.4) is 0 Å². The molecule has 3 aliphatic heterocycles. The van der Waals surface area contributed by atoms with E-state index in [1.54, 1.807) is 58.9 Å². The zero-order valence-corrected chi connectivity index (χ0v) is 21.3. The van der Waals surface area contributed by atoms with E-state index in [9.17, 15) is 9.36 Å².